The number of β-amino-alcohol motifs (C(OH)–C–C–N with tert-alkyl or cyclic N) is 1. The van der Waals surface area contributed by atoms with Crippen molar-refractivity contribution in [3.8, 4) is 0 Å². The van der Waals surface area contributed by atoms with Crippen molar-refractivity contribution in [1.82, 2.24) is 9.80 Å². The van der Waals surface area contributed by atoms with Gasteiger partial charge in [-0.1, -0.05) is 6.92 Å². The molecular weight excluding hydrogens is 190 g/mol. The van der Waals surface area contributed by atoms with Gasteiger partial charge in [0.1, 0.15) is 0 Å². The molecule has 3 N–H and O–H groups in total. The minimum atomic E-state index is -0.209. The Labute approximate surface area is 93.0 Å². The molecule has 4 nitrogen and oxygen atoms in total. The van der Waals surface area contributed by atoms with Crippen LogP contribution in [0.25, 0.3) is 0 Å². The molecule has 4 heteroatoms. The molecule has 0 amide bonds. The molecule has 0 aromatic carbocycles. The van der Waals surface area contributed by atoms with Gasteiger partial charge in [-0.05, 0) is 19.4 Å². The Hall–Kier alpha value is -0.160. The second-order valence-electron chi connectivity index (χ2n) is 4.79. The molecule has 0 spiro atoms. The summed E-state index contributed by atoms with van der Waals surface area (Å²) in [6.07, 6.45) is -0.209. The Kier molecular flexibility index (Phi) is 5.53. The van der Waals surface area contributed by atoms with Crippen molar-refractivity contribution < 1.29 is 5.11 Å². The van der Waals surface area contributed by atoms with E-state index >= 15 is 0 Å². The lowest BCUT2D eigenvalue weighted by Crippen LogP contribution is -2.49. The first-order valence-corrected chi connectivity index (χ1v) is 5.94. The van der Waals surface area contributed by atoms with Gasteiger partial charge in [0.05, 0.1) is 6.10 Å². The van der Waals surface area contributed by atoms with E-state index in [1.165, 1.54) is 0 Å². The highest BCUT2D eigenvalue weighted by Crippen LogP contribution is 2.05. The highest BCUT2D eigenvalue weighted by atomic mass is 16.3. The van der Waals surface area contributed by atoms with Crippen molar-refractivity contribution in [3.05, 3.63) is 0 Å². The first kappa shape index (κ1) is 12.9. The van der Waals surface area contributed by atoms with Gasteiger partial charge in [0.15, 0.2) is 0 Å². The summed E-state index contributed by atoms with van der Waals surface area (Å²) in [4.78, 5) is 4.80. The number of nitrogens with two attached hydrogens (primary N) is 1. The van der Waals surface area contributed by atoms with Crippen LogP contribution in [0.15, 0.2) is 0 Å². The Morgan fingerprint density at radius 2 is 1.53 bits per heavy atom. The lowest BCUT2D eigenvalue weighted by Gasteiger charge is -2.36. The smallest absolute Gasteiger partial charge is 0.0639 e. The maximum absolute atomic E-state index is 9.28. The van der Waals surface area contributed by atoms with Gasteiger partial charge in [0.25, 0.3) is 0 Å². The monoisotopic (exact) mass is 215 g/mol. The van der Waals surface area contributed by atoms with Gasteiger partial charge in [-0.15, -0.1) is 0 Å². The zero-order valence-corrected chi connectivity index (χ0v) is 10.0. The summed E-state index contributed by atoms with van der Waals surface area (Å²) in [5.74, 6) is 0.591. The first-order valence-electron chi connectivity index (χ1n) is 5.94. The largest absolute Gasteiger partial charge is 0.392 e. The molecule has 1 aliphatic rings. The fourth-order valence-corrected chi connectivity index (χ4v) is 2.04. The Morgan fingerprint density at radius 3 is 1.93 bits per heavy atom. The van der Waals surface area contributed by atoms with Gasteiger partial charge in [-0.25, -0.2) is 0 Å². The standard InChI is InChI=1S/C11H25N3O/c1-10(7-12)8-13-3-5-14(6-4-13)9-11(2)15/h10-11,15H,3-9,12H2,1-2H3. The molecule has 1 aliphatic heterocycles. The molecule has 1 heterocycles. The summed E-state index contributed by atoms with van der Waals surface area (Å²) < 4.78 is 0. The highest BCUT2D eigenvalue weighted by molar-refractivity contribution is 4.74. The van der Waals surface area contributed by atoms with Crippen LogP contribution in [-0.4, -0.2) is 66.8 Å². The van der Waals surface area contributed by atoms with Crippen LogP contribution < -0.4 is 5.73 Å². The lowest BCUT2D eigenvalue weighted by molar-refractivity contribution is 0.0759. The molecule has 0 aromatic rings. The van der Waals surface area contributed by atoms with Gasteiger partial charge >= 0.3 is 0 Å². The number of piperazine rings is 1. The molecular formula is C11H25N3O. The normalized spacial score (nSPS) is 24.0. The number of hydrogen-bond donors (Lipinski definition) is 2. The maximum Gasteiger partial charge on any atom is 0.0639 e. The topological polar surface area (TPSA) is 52.7 Å². The van der Waals surface area contributed by atoms with Crippen molar-refractivity contribution in [2.45, 2.75) is 20.0 Å². The van der Waals surface area contributed by atoms with Crippen LogP contribution in [0.5, 0.6) is 0 Å². The number of hydrogen-bond acceptors (Lipinski definition) is 4. The SMILES string of the molecule is CC(O)CN1CCN(CC(C)CN)CC1. The quantitative estimate of drug-likeness (QED) is 0.654. The maximum atomic E-state index is 9.28. The summed E-state index contributed by atoms with van der Waals surface area (Å²) in [7, 11) is 0. The van der Waals surface area contributed by atoms with Crippen molar-refractivity contribution in [2.24, 2.45) is 11.7 Å². The van der Waals surface area contributed by atoms with Crippen LogP contribution in [0.4, 0.5) is 0 Å². The average Bonchev–Trinajstić information content (AvgIpc) is 2.20. The summed E-state index contributed by atoms with van der Waals surface area (Å²) in [5, 5.41) is 9.28. The number of nitrogens with zero attached hydrogens (tertiary/aromatic N) is 2. The van der Waals surface area contributed by atoms with Crippen molar-refractivity contribution >= 4 is 0 Å². The summed E-state index contributed by atoms with van der Waals surface area (Å²) in [6, 6.07) is 0. The summed E-state index contributed by atoms with van der Waals surface area (Å²) in [5.41, 5.74) is 5.61. The third-order valence-electron chi connectivity index (χ3n) is 2.96. The first-order chi connectivity index (χ1) is 7.11. The van der Waals surface area contributed by atoms with Crippen molar-refractivity contribution in [3.63, 3.8) is 0 Å². The van der Waals surface area contributed by atoms with Gasteiger partial charge in [0, 0.05) is 39.3 Å². The molecule has 15 heavy (non-hydrogen) atoms. The predicted octanol–water partition coefficient (Wildman–Crippen LogP) is -0.420. The van der Waals surface area contributed by atoms with Crippen LogP contribution in [0.3, 0.4) is 0 Å². The fourth-order valence-electron chi connectivity index (χ4n) is 2.04. The van der Waals surface area contributed by atoms with Gasteiger partial charge in [0.2, 0.25) is 0 Å². The molecule has 0 saturated carbocycles. The predicted molar refractivity (Wildman–Crippen MR) is 62.8 cm³/mol. The fraction of sp³-hybridized carbons (Fsp3) is 1.00. The average molecular weight is 215 g/mol. The van der Waals surface area contributed by atoms with Gasteiger partial charge in [-0.3, -0.25) is 4.90 Å². The molecule has 90 valence electrons. The number of aliphatic hydroxyl groups is 1. The van der Waals surface area contributed by atoms with Crippen LogP contribution in [-0.2, 0) is 0 Å². The van der Waals surface area contributed by atoms with Crippen molar-refractivity contribution in [1.29, 1.82) is 0 Å². The molecule has 0 radical (unpaired) electrons. The van der Waals surface area contributed by atoms with Crippen LogP contribution in [0, 0.1) is 5.92 Å². The third kappa shape index (κ3) is 4.93. The molecule has 0 aromatic heterocycles. The number of rotatable bonds is 5. The van der Waals surface area contributed by atoms with E-state index in [0.717, 1.165) is 45.8 Å². The van der Waals surface area contributed by atoms with E-state index < -0.39 is 0 Å². The summed E-state index contributed by atoms with van der Waals surface area (Å²) in [6.45, 7) is 11.1. The minimum absolute atomic E-state index is 0.209. The second-order valence-corrected chi connectivity index (χ2v) is 4.79. The van der Waals surface area contributed by atoms with Gasteiger partial charge < -0.3 is 15.7 Å². The molecule has 0 aliphatic carbocycles. The molecule has 2 unspecified atom stereocenters. The van der Waals surface area contributed by atoms with E-state index in [-0.39, 0.29) is 6.10 Å². The van der Waals surface area contributed by atoms with E-state index in [0.29, 0.717) is 5.92 Å². The van der Waals surface area contributed by atoms with Crippen LogP contribution >= 0.6 is 0 Å². The van der Waals surface area contributed by atoms with E-state index in [9.17, 15) is 5.11 Å². The molecule has 0 bridgehead atoms. The Balaban J connectivity index is 2.18. The zero-order valence-electron chi connectivity index (χ0n) is 10.0. The highest BCUT2D eigenvalue weighted by Gasteiger charge is 2.18. The Bertz CT molecular complexity index is 167. The van der Waals surface area contributed by atoms with E-state index in [4.69, 9.17) is 5.73 Å². The molecule has 1 fully saturated rings. The van der Waals surface area contributed by atoms with Crippen LogP contribution in [0.1, 0.15) is 13.8 Å². The van der Waals surface area contributed by atoms with Gasteiger partial charge in [-0.2, -0.15) is 0 Å². The Morgan fingerprint density at radius 1 is 1.07 bits per heavy atom. The third-order valence-corrected chi connectivity index (χ3v) is 2.96. The molecule has 1 rings (SSSR count). The van der Waals surface area contributed by atoms with E-state index in [1.54, 1.807) is 0 Å². The second kappa shape index (κ2) is 6.43. The summed E-state index contributed by atoms with van der Waals surface area (Å²) >= 11 is 0. The molecule has 2 atom stereocenters. The molecule has 1 saturated heterocycles. The van der Waals surface area contributed by atoms with E-state index in [1.807, 2.05) is 6.92 Å². The number of aliphatic hydroxyl groups excluding tert-OH is 1. The lowest BCUT2D eigenvalue weighted by atomic mass is 10.1. The zero-order chi connectivity index (χ0) is 11.3. The minimum Gasteiger partial charge on any atom is -0.392 e. The van der Waals surface area contributed by atoms with Crippen LogP contribution in [0.2, 0.25) is 0 Å². The van der Waals surface area contributed by atoms with Crippen molar-refractivity contribution in [2.75, 3.05) is 45.8 Å². The van der Waals surface area contributed by atoms with E-state index in [2.05, 4.69) is 16.7 Å².